The Morgan fingerprint density at radius 1 is 1.64 bits per heavy atom. The average Bonchev–Trinajstić information content (AvgIpc) is 2.52. The van der Waals surface area contributed by atoms with Gasteiger partial charge in [0.15, 0.2) is 0 Å². The number of carboxylic acid groups (broad SMARTS) is 1. The van der Waals surface area contributed by atoms with Gasteiger partial charge in [-0.2, -0.15) is 0 Å². The van der Waals surface area contributed by atoms with E-state index in [4.69, 9.17) is 5.11 Å². The molecule has 0 aliphatic heterocycles. The van der Waals surface area contributed by atoms with Gasteiger partial charge in [-0.25, -0.2) is 13.4 Å². The zero-order chi connectivity index (χ0) is 10.8. The maximum absolute atomic E-state index is 11.3. The number of aliphatic carboxylic acids is 1. The molecule has 1 aromatic rings. The highest BCUT2D eigenvalue weighted by atomic mass is 32.2. The Hall–Kier alpha value is -0.950. The molecule has 0 saturated carbocycles. The topological polar surface area (TPSA) is 84.3 Å². The number of carboxylic acids is 1. The first-order valence-electron chi connectivity index (χ1n) is 3.84. The summed E-state index contributed by atoms with van der Waals surface area (Å²) in [5.74, 6) is -1.04. The third-order valence-corrected chi connectivity index (χ3v) is 4.63. The molecule has 1 rings (SSSR count). The molecular formula is C7H9NO4S2. The Balaban J connectivity index is 2.94. The number of hydrogen-bond acceptors (Lipinski definition) is 5. The molecule has 0 aromatic carbocycles. The molecule has 0 spiro atoms. The third-order valence-electron chi connectivity index (χ3n) is 1.51. The van der Waals surface area contributed by atoms with E-state index >= 15 is 0 Å². The van der Waals surface area contributed by atoms with Crippen molar-refractivity contribution in [2.75, 3.05) is 5.75 Å². The third kappa shape index (κ3) is 2.52. The second-order valence-corrected chi connectivity index (χ2v) is 5.89. The molecule has 0 saturated heterocycles. The van der Waals surface area contributed by atoms with Crippen molar-refractivity contribution in [3.63, 3.8) is 0 Å². The van der Waals surface area contributed by atoms with E-state index in [1.807, 2.05) is 0 Å². The van der Waals surface area contributed by atoms with Crippen LogP contribution in [-0.2, 0) is 21.1 Å². The van der Waals surface area contributed by atoms with E-state index in [9.17, 15) is 13.2 Å². The fourth-order valence-corrected chi connectivity index (χ4v) is 2.92. The van der Waals surface area contributed by atoms with Gasteiger partial charge in [-0.05, 0) is 0 Å². The lowest BCUT2D eigenvalue weighted by Gasteiger charge is -1.93. The van der Waals surface area contributed by atoms with Gasteiger partial charge < -0.3 is 5.11 Å². The monoisotopic (exact) mass is 235 g/mol. The molecule has 14 heavy (non-hydrogen) atoms. The molecule has 1 heterocycles. The normalized spacial score (nSPS) is 11.5. The van der Waals surface area contributed by atoms with Gasteiger partial charge in [0.05, 0.1) is 17.9 Å². The highest BCUT2D eigenvalue weighted by Gasteiger charge is 2.17. The van der Waals surface area contributed by atoms with Crippen LogP contribution in [0, 0.1) is 0 Å². The fourth-order valence-electron chi connectivity index (χ4n) is 0.791. The van der Waals surface area contributed by atoms with Crippen molar-refractivity contribution < 1.29 is 18.3 Å². The van der Waals surface area contributed by atoms with E-state index in [1.54, 1.807) is 0 Å². The number of nitrogens with zero attached hydrogens (tertiary/aromatic N) is 1. The minimum Gasteiger partial charge on any atom is -0.481 e. The Bertz CT molecular complexity index is 434. The molecule has 0 amide bonds. The van der Waals surface area contributed by atoms with Crippen molar-refractivity contribution in [3.05, 3.63) is 11.1 Å². The smallest absolute Gasteiger partial charge is 0.309 e. The van der Waals surface area contributed by atoms with Gasteiger partial charge in [0.2, 0.25) is 14.2 Å². The predicted molar refractivity (Wildman–Crippen MR) is 51.2 cm³/mol. The highest BCUT2D eigenvalue weighted by Crippen LogP contribution is 2.17. The van der Waals surface area contributed by atoms with Crippen LogP contribution in [0.1, 0.15) is 12.6 Å². The van der Waals surface area contributed by atoms with E-state index in [-0.39, 0.29) is 22.2 Å². The molecular weight excluding hydrogens is 226 g/mol. The van der Waals surface area contributed by atoms with Crippen LogP contribution in [0.5, 0.6) is 0 Å². The minimum absolute atomic E-state index is 0.00347. The number of hydrogen-bond donors (Lipinski definition) is 1. The molecule has 0 aliphatic rings. The average molecular weight is 235 g/mol. The van der Waals surface area contributed by atoms with E-state index in [0.29, 0.717) is 0 Å². The highest BCUT2D eigenvalue weighted by molar-refractivity contribution is 7.93. The van der Waals surface area contributed by atoms with Crippen LogP contribution in [0.2, 0.25) is 0 Å². The molecule has 1 aromatic heterocycles. The summed E-state index contributed by atoms with van der Waals surface area (Å²) in [5.41, 5.74) is 0.287. The summed E-state index contributed by atoms with van der Waals surface area (Å²) in [5, 5.41) is 9.91. The maximum Gasteiger partial charge on any atom is 0.309 e. The molecule has 0 fully saturated rings. The molecule has 7 heteroatoms. The summed E-state index contributed by atoms with van der Waals surface area (Å²) in [4.78, 5) is 14.1. The molecule has 78 valence electrons. The van der Waals surface area contributed by atoms with Gasteiger partial charge in [0, 0.05) is 5.38 Å². The number of rotatable bonds is 4. The van der Waals surface area contributed by atoms with E-state index in [1.165, 1.54) is 12.3 Å². The Labute approximate surface area is 85.3 Å². The van der Waals surface area contributed by atoms with Gasteiger partial charge in [-0.1, -0.05) is 6.92 Å². The second kappa shape index (κ2) is 4.05. The van der Waals surface area contributed by atoms with Crippen LogP contribution < -0.4 is 0 Å². The van der Waals surface area contributed by atoms with Crippen LogP contribution in [0.15, 0.2) is 9.72 Å². The molecule has 0 atom stereocenters. The first kappa shape index (κ1) is 11.1. The summed E-state index contributed by atoms with van der Waals surface area (Å²) in [6.07, 6.45) is -0.240. The van der Waals surface area contributed by atoms with Crippen molar-refractivity contribution >= 4 is 27.1 Å². The molecule has 0 aliphatic carbocycles. The molecule has 0 unspecified atom stereocenters. The largest absolute Gasteiger partial charge is 0.481 e. The van der Waals surface area contributed by atoms with Gasteiger partial charge in [0.1, 0.15) is 0 Å². The Kier molecular flexibility index (Phi) is 3.22. The lowest BCUT2D eigenvalue weighted by atomic mass is 10.3. The molecule has 1 N–H and O–H groups in total. The summed E-state index contributed by atoms with van der Waals surface area (Å²) in [6.45, 7) is 1.52. The van der Waals surface area contributed by atoms with Gasteiger partial charge in [-0.15, -0.1) is 11.3 Å². The summed E-state index contributed by atoms with van der Waals surface area (Å²) < 4.78 is 22.6. The van der Waals surface area contributed by atoms with E-state index in [0.717, 1.165) is 11.3 Å². The molecule has 5 nitrogen and oxygen atoms in total. The summed E-state index contributed by atoms with van der Waals surface area (Å²) >= 11 is 0.961. The van der Waals surface area contributed by atoms with Crippen LogP contribution in [0.4, 0.5) is 0 Å². The summed E-state index contributed by atoms with van der Waals surface area (Å²) in [7, 11) is -3.30. The first-order valence-corrected chi connectivity index (χ1v) is 6.38. The number of aromatic nitrogens is 1. The van der Waals surface area contributed by atoms with Crippen LogP contribution >= 0.6 is 11.3 Å². The van der Waals surface area contributed by atoms with Gasteiger partial charge in [0.25, 0.3) is 0 Å². The zero-order valence-corrected chi connectivity index (χ0v) is 9.06. The predicted octanol–water partition coefficient (Wildman–Crippen LogP) is 0.564. The zero-order valence-electron chi connectivity index (χ0n) is 7.43. The number of carbonyl (C=O) groups is 1. The second-order valence-electron chi connectivity index (χ2n) is 2.58. The van der Waals surface area contributed by atoms with Crippen molar-refractivity contribution in [1.29, 1.82) is 0 Å². The quantitative estimate of drug-likeness (QED) is 0.824. The van der Waals surface area contributed by atoms with Crippen molar-refractivity contribution in [2.45, 2.75) is 17.7 Å². The first-order chi connectivity index (χ1) is 6.45. The van der Waals surface area contributed by atoms with Crippen LogP contribution in [-0.4, -0.2) is 30.2 Å². The van der Waals surface area contributed by atoms with Crippen molar-refractivity contribution in [2.24, 2.45) is 0 Å². The fraction of sp³-hybridized carbons (Fsp3) is 0.429. The number of thiazole rings is 1. The standard InChI is InChI=1S/C7H9NO4S2/c1-2-14(11,12)7-8-5(4-13-7)3-6(9)10/h4H,2-3H2,1H3,(H,9,10). The Morgan fingerprint density at radius 2 is 2.29 bits per heavy atom. The van der Waals surface area contributed by atoms with Crippen molar-refractivity contribution in [3.8, 4) is 0 Å². The van der Waals surface area contributed by atoms with Crippen LogP contribution in [0.25, 0.3) is 0 Å². The lowest BCUT2D eigenvalue weighted by Crippen LogP contribution is -2.05. The van der Waals surface area contributed by atoms with E-state index < -0.39 is 15.8 Å². The summed E-state index contributed by atoms with van der Waals surface area (Å²) in [6, 6.07) is 0. The number of sulfone groups is 1. The van der Waals surface area contributed by atoms with Crippen LogP contribution in [0.3, 0.4) is 0 Å². The molecule has 0 radical (unpaired) electrons. The SMILES string of the molecule is CCS(=O)(=O)c1nc(CC(=O)O)cs1. The van der Waals surface area contributed by atoms with Crippen molar-refractivity contribution in [1.82, 2.24) is 4.98 Å². The maximum atomic E-state index is 11.3. The lowest BCUT2D eigenvalue weighted by molar-refractivity contribution is -0.136. The Morgan fingerprint density at radius 3 is 2.79 bits per heavy atom. The van der Waals surface area contributed by atoms with E-state index in [2.05, 4.69) is 4.98 Å². The minimum atomic E-state index is -3.30. The van der Waals surface area contributed by atoms with Gasteiger partial charge >= 0.3 is 5.97 Å². The van der Waals surface area contributed by atoms with Gasteiger partial charge in [-0.3, -0.25) is 4.79 Å². The molecule has 0 bridgehead atoms.